The molecule has 1 aromatic heterocycles. The summed E-state index contributed by atoms with van der Waals surface area (Å²) in [6.07, 6.45) is 4.67. The number of anilines is 2. The maximum Gasteiger partial charge on any atom is 0.225 e. The predicted octanol–water partition coefficient (Wildman–Crippen LogP) is 4.28. The molecular formula is C22H26N4O. The molecular weight excluding hydrogens is 336 g/mol. The first-order chi connectivity index (χ1) is 13.3. The summed E-state index contributed by atoms with van der Waals surface area (Å²) >= 11 is 0. The maximum absolute atomic E-state index is 5.30. The molecule has 5 nitrogen and oxygen atoms in total. The van der Waals surface area contributed by atoms with E-state index >= 15 is 0 Å². The second-order valence-electron chi connectivity index (χ2n) is 6.96. The summed E-state index contributed by atoms with van der Waals surface area (Å²) in [5, 5.41) is 4.55. The van der Waals surface area contributed by atoms with E-state index in [9.17, 15) is 0 Å². The molecule has 1 N–H and O–H groups in total. The maximum atomic E-state index is 5.30. The molecule has 0 bridgehead atoms. The van der Waals surface area contributed by atoms with Crippen molar-refractivity contribution >= 4 is 22.7 Å². The van der Waals surface area contributed by atoms with Gasteiger partial charge in [0.15, 0.2) is 0 Å². The lowest BCUT2D eigenvalue weighted by Gasteiger charge is -2.29. The van der Waals surface area contributed by atoms with Crippen LogP contribution in [0, 0.1) is 0 Å². The van der Waals surface area contributed by atoms with E-state index in [2.05, 4.69) is 40.5 Å². The van der Waals surface area contributed by atoms with Crippen molar-refractivity contribution in [3.63, 3.8) is 0 Å². The minimum atomic E-state index is 0.706. The topological polar surface area (TPSA) is 50.3 Å². The Labute approximate surface area is 160 Å². The zero-order chi connectivity index (χ0) is 18.5. The molecule has 27 heavy (non-hydrogen) atoms. The number of fused-ring (bicyclic) bond motifs is 1. The number of rotatable bonds is 6. The average molecular weight is 362 g/mol. The third-order valence-corrected chi connectivity index (χ3v) is 5.07. The van der Waals surface area contributed by atoms with E-state index in [4.69, 9.17) is 14.7 Å². The van der Waals surface area contributed by atoms with Gasteiger partial charge in [-0.1, -0.05) is 24.3 Å². The molecule has 0 atom stereocenters. The molecule has 4 rings (SSSR count). The Bertz CT molecular complexity index is 906. The Hall–Kier alpha value is -2.82. The Balaban J connectivity index is 1.52. The number of ether oxygens (including phenoxy) is 1. The molecule has 140 valence electrons. The van der Waals surface area contributed by atoms with E-state index in [1.54, 1.807) is 7.11 Å². The third kappa shape index (κ3) is 4.13. The predicted molar refractivity (Wildman–Crippen MR) is 111 cm³/mol. The van der Waals surface area contributed by atoms with Gasteiger partial charge in [0, 0.05) is 25.0 Å². The molecule has 0 unspecified atom stereocenters. The van der Waals surface area contributed by atoms with Crippen molar-refractivity contribution in [2.45, 2.75) is 25.7 Å². The van der Waals surface area contributed by atoms with Gasteiger partial charge in [-0.05, 0) is 55.5 Å². The molecule has 0 amide bonds. The SMILES string of the molecule is COc1cccc(CCNc2nc(N3CCCCC3)c3ccccc3n2)c1. The molecule has 2 heterocycles. The van der Waals surface area contributed by atoms with Crippen LogP contribution in [0.25, 0.3) is 10.9 Å². The van der Waals surface area contributed by atoms with E-state index < -0.39 is 0 Å². The first-order valence-corrected chi connectivity index (χ1v) is 9.72. The summed E-state index contributed by atoms with van der Waals surface area (Å²) in [5.41, 5.74) is 2.23. The Kier molecular flexibility index (Phi) is 5.37. The van der Waals surface area contributed by atoms with Crippen LogP contribution in [0.3, 0.4) is 0 Å². The lowest BCUT2D eigenvalue weighted by Crippen LogP contribution is -2.30. The zero-order valence-electron chi connectivity index (χ0n) is 15.8. The van der Waals surface area contributed by atoms with Crippen LogP contribution < -0.4 is 15.0 Å². The summed E-state index contributed by atoms with van der Waals surface area (Å²) in [6, 6.07) is 16.5. The van der Waals surface area contributed by atoms with Gasteiger partial charge < -0.3 is 15.0 Å². The molecule has 3 aromatic rings. The van der Waals surface area contributed by atoms with Gasteiger partial charge in [0.1, 0.15) is 11.6 Å². The highest BCUT2D eigenvalue weighted by Crippen LogP contribution is 2.27. The number of piperidine rings is 1. The Morgan fingerprint density at radius 1 is 1.00 bits per heavy atom. The van der Waals surface area contributed by atoms with Crippen molar-refractivity contribution in [1.82, 2.24) is 9.97 Å². The van der Waals surface area contributed by atoms with Crippen LogP contribution >= 0.6 is 0 Å². The van der Waals surface area contributed by atoms with Crippen molar-refractivity contribution in [3.05, 3.63) is 54.1 Å². The van der Waals surface area contributed by atoms with E-state index in [1.165, 1.54) is 24.8 Å². The van der Waals surface area contributed by atoms with Crippen molar-refractivity contribution in [2.75, 3.05) is 37.0 Å². The smallest absolute Gasteiger partial charge is 0.225 e. The first-order valence-electron chi connectivity index (χ1n) is 9.72. The molecule has 1 aliphatic heterocycles. The second-order valence-corrected chi connectivity index (χ2v) is 6.96. The summed E-state index contributed by atoms with van der Waals surface area (Å²) in [6.45, 7) is 2.93. The summed E-state index contributed by atoms with van der Waals surface area (Å²) < 4.78 is 5.30. The van der Waals surface area contributed by atoms with Crippen molar-refractivity contribution in [1.29, 1.82) is 0 Å². The molecule has 0 spiro atoms. The number of benzene rings is 2. The Morgan fingerprint density at radius 2 is 1.85 bits per heavy atom. The van der Waals surface area contributed by atoms with Crippen LogP contribution in [-0.2, 0) is 6.42 Å². The van der Waals surface area contributed by atoms with Crippen LogP contribution in [0.2, 0.25) is 0 Å². The number of methoxy groups -OCH3 is 1. The molecule has 1 aliphatic rings. The second kappa shape index (κ2) is 8.25. The van der Waals surface area contributed by atoms with E-state index in [0.29, 0.717) is 5.95 Å². The van der Waals surface area contributed by atoms with E-state index in [1.807, 2.05) is 18.2 Å². The molecule has 0 aliphatic carbocycles. The van der Waals surface area contributed by atoms with Gasteiger partial charge in [0.05, 0.1) is 12.6 Å². The molecule has 0 radical (unpaired) electrons. The molecule has 1 saturated heterocycles. The van der Waals surface area contributed by atoms with Gasteiger partial charge in [0.2, 0.25) is 5.95 Å². The standard InChI is InChI=1S/C22H26N4O/c1-27-18-9-7-8-17(16-18)12-13-23-22-24-20-11-4-3-10-19(20)21(25-22)26-14-5-2-6-15-26/h3-4,7-11,16H,2,5-6,12-15H2,1H3,(H,23,24,25). The van der Waals surface area contributed by atoms with Gasteiger partial charge in [-0.15, -0.1) is 0 Å². The fraction of sp³-hybridized carbons (Fsp3) is 0.364. The monoisotopic (exact) mass is 362 g/mol. The molecule has 2 aromatic carbocycles. The van der Waals surface area contributed by atoms with Crippen LogP contribution in [0.15, 0.2) is 48.5 Å². The van der Waals surface area contributed by atoms with Crippen LogP contribution in [0.5, 0.6) is 5.75 Å². The number of nitrogens with one attached hydrogen (secondary N) is 1. The van der Waals surface area contributed by atoms with Crippen LogP contribution in [-0.4, -0.2) is 36.7 Å². The molecule has 5 heteroatoms. The van der Waals surface area contributed by atoms with Gasteiger partial charge >= 0.3 is 0 Å². The van der Waals surface area contributed by atoms with Crippen molar-refractivity contribution in [2.24, 2.45) is 0 Å². The largest absolute Gasteiger partial charge is 0.497 e. The number of hydrogen-bond acceptors (Lipinski definition) is 5. The lowest BCUT2D eigenvalue weighted by atomic mass is 10.1. The highest BCUT2D eigenvalue weighted by molar-refractivity contribution is 5.90. The molecule has 1 fully saturated rings. The average Bonchev–Trinajstić information content (AvgIpc) is 2.74. The fourth-order valence-corrected chi connectivity index (χ4v) is 3.63. The number of hydrogen-bond donors (Lipinski definition) is 1. The zero-order valence-corrected chi connectivity index (χ0v) is 15.8. The minimum absolute atomic E-state index is 0.706. The van der Waals surface area contributed by atoms with Gasteiger partial charge in [-0.2, -0.15) is 4.98 Å². The van der Waals surface area contributed by atoms with E-state index in [-0.39, 0.29) is 0 Å². The Morgan fingerprint density at radius 3 is 2.70 bits per heavy atom. The summed E-state index contributed by atoms with van der Waals surface area (Å²) in [5.74, 6) is 2.66. The summed E-state index contributed by atoms with van der Waals surface area (Å²) in [4.78, 5) is 12.0. The third-order valence-electron chi connectivity index (χ3n) is 5.07. The van der Waals surface area contributed by atoms with Gasteiger partial charge in [0.25, 0.3) is 0 Å². The van der Waals surface area contributed by atoms with Gasteiger partial charge in [-0.25, -0.2) is 4.98 Å². The number of aromatic nitrogens is 2. The van der Waals surface area contributed by atoms with Crippen LogP contribution in [0.1, 0.15) is 24.8 Å². The normalized spacial score (nSPS) is 14.3. The number of para-hydroxylation sites is 1. The summed E-state index contributed by atoms with van der Waals surface area (Å²) in [7, 11) is 1.70. The molecule has 0 saturated carbocycles. The highest BCUT2D eigenvalue weighted by atomic mass is 16.5. The quantitative estimate of drug-likeness (QED) is 0.709. The lowest BCUT2D eigenvalue weighted by molar-refractivity contribution is 0.414. The van der Waals surface area contributed by atoms with Crippen molar-refractivity contribution in [3.8, 4) is 5.75 Å². The van der Waals surface area contributed by atoms with Gasteiger partial charge in [-0.3, -0.25) is 0 Å². The first kappa shape index (κ1) is 17.6. The van der Waals surface area contributed by atoms with Crippen molar-refractivity contribution < 1.29 is 4.74 Å². The number of nitrogens with zero attached hydrogens (tertiary/aromatic N) is 3. The minimum Gasteiger partial charge on any atom is -0.497 e. The van der Waals surface area contributed by atoms with E-state index in [0.717, 1.165) is 48.5 Å². The fourth-order valence-electron chi connectivity index (χ4n) is 3.63. The van der Waals surface area contributed by atoms with Crippen LogP contribution in [0.4, 0.5) is 11.8 Å². The highest BCUT2D eigenvalue weighted by Gasteiger charge is 2.16.